The summed E-state index contributed by atoms with van der Waals surface area (Å²) in [5.74, 6) is 0.581. The van der Waals surface area contributed by atoms with Gasteiger partial charge in [-0.3, -0.25) is 4.98 Å². The normalized spacial score (nSPS) is 20.5. The monoisotopic (exact) mass is 258 g/mol. The van der Waals surface area contributed by atoms with Crippen LogP contribution < -0.4 is 4.90 Å². The number of hydrogen-bond acceptors (Lipinski definition) is 2. The molecule has 2 aromatic rings. The van der Waals surface area contributed by atoms with Crippen molar-refractivity contribution in [2.45, 2.75) is 26.2 Å². The lowest BCUT2D eigenvalue weighted by Gasteiger charge is -2.24. The third-order valence-electron chi connectivity index (χ3n) is 4.04. The maximum atomic E-state index is 13.3. The second-order valence-corrected chi connectivity index (χ2v) is 5.51. The highest BCUT2D eigenvalue weighted by Gasteiger charge is 2.16. The van der Waals surface area contributed by atoms with Crippen LogP contribution in [0.1, 0.15) is 26.2 Å². The van der Waals surface area contributed by atoms with E-state index >= 15 is 0 Å². The summed E-state index contributed by atoms with van der Waals surface area (Å²) < 4.78 is 13.3. The molecule has 1 fully saturated rings. The second-order valence-electron chi connectivity index (χ2n) is 5.51. The molecule has 3 heteroatoms. The number of nitrogens with zero attached hydrogens (tertiary/aromatic N) is 2. The average Bonchev–Trinajstić information content (AvgIpc) is 2.62. The largest absolute Gasteiger partial charge is 0.371 e. The molecule has 1 saturated heterocycles. The number of fused-ring (bicyclic) bond motifs is 1. The first-order valence-electron chi connectivity index (χ1n) is 7.03. The fraction of sp³-hybridized carbons (Fsp3) is 0.438. The summed E-state index contributed by atoms with van der Waals surface area (Å²) >= 11 is 0. The lowest BCUT2D eigenvalue weighted by Crippen LogP contribution is -2.24. The number of aromatic nitrogens is 1. The van der Waals surface area contributed by atoms with Gasteiger partial charge in [0, 0.05) is 36.4 Å². The summed E-state index contributed by atoms with van der Waals surface area (Å²) in [5.41, 5.74) is 1.94. The molecular formula is C16H19FN2. The second kappa shape index (κ2) is 5.16. The predicted octanol–water partition coefficient (Wildman–Crippen LogP) is 4.00. The van der Waals surface area contributed by atoms with Crippen molar-refractivity contribution in [3.05, 3.63) is 36.3 Å². The Balaban J connectivity index is 2.00. The van der Waals surface area contributed by atoms with E-state index in [2.05, 4.69) is 22.9 Å². The van der Waals surface area contributed by atoms with Gasteiger partial charge < -0.3 is 4.90 Å². The van der Waals surface area contributed by atoms with E-state index in [9.17, 15) is 4.39 Å². The smallest absolute Gasteiger partial charge is 0.125 e. The number of rotatable bonds is 1. The molecule has 0 bridgehead atoms. The van der Waals surface area contributed by atoms with Crippen LogP contribution >= 0.6 is 0 Å². The lowest BCUT2D eigenvalue weighted by atomic mass is 10.0. The first-order chi connectivity index (χ1) is 9.24. The Bertz CT molecular complexity index is 582. The molecule has 0 N–H and O–H groups in total. The Morgan fingerprint density at radius 1 is 1.21 bits per heavy atom. The quantitative estimate of drug-likeness (QED) is 0.768. The first-order valence-corrected chi connectivity index (χ1v) is 7.03. The Morgan fingerprint density at radius 3 is 3.00 bits per heavy atom. The molecule has 0 radical (unpaired) electrons. The number of anilines is 1. The van der Waals surface area contributed by atoms with E-state index < -0.39 is 0 Å². The van der Waals surface area contributed by atoms with Gasteiger partial charge in [-0.2, -0.15) is 0 Å². The molecule has 1 atom stereocenters. The van der Waals surface area contributed by atoms with Crippen molar-refractivity contribution in [1.82, 2.24) is 4.98 Å². The lowest BCUT2D eigenvalue weighted by molar-refractivity contribution is 0.521. The summed E-state index contributed by atoms with van der Waals surface area (Å²) in [4.78, 5) is 6.69. The van der Waals surface area contributed by atoms with E-state index in [0.29, 0.717) is 0 Å². The third-order valence-corrected chi connectivity index (χ3v) is 4.04. The van der Waals surface area contributed by atoms with Crippen molar-refractivity contribution in [2.24, 2.45) is 5.92 Å². The number of hydrogen-bond donors (Lipinski definition) is 0. The van der Waals surface area contributed by atoms with Crippen LogP contribution in [0.25, 0.3) is 10.9 Å². The topological polar surface area (TPSA) is 16.1 Å². The predicted molar refractivity (Wildman–Crippen MR) is 76.9 cm³/mol. The van der Waals surface area contributed by atoms with Gasteiger partial charge in [-0.05, 0) is 43.4 Å². The number of pyridine rings is 1. The molecule has 0 spiro atoms. The van der Waals surface area contributed by atoms with Gasteiger partial charge in [-0.15, -0.1) is 0 Å². The molecule has 1 aliphatic heterocycles. The minimum Gasteiger partial charge on any atom is -0.371 e. The highest BCUT2D eigenvalue weighted by molar-refractivity contribution is 5.91. The zero-order valence-corrected chi connectivity index (χ0v) is 11.3. The van der Waals surface area contributed by atoms with Crippen LogP contribution in [0.2, 0.25) is 0 Å². The number of halogens is 1. The van der Waals surface area contributed by atoms with Gasteiger partial charge in [-0.1, -0.05) is 6.92 Å². The fourth-order valence-electron chi connectivity index (χ4n) is 2.89. The molecule has 100 valence electrons. The Labute approximate surface area is 113 Å². The summed E-state index contributed by atoms with van der Waals surface area (Å²) in [6.45, 7) is 4.49. The number of benzene rings is 1. The summed E-state index contributed by atoms with van der Waals surface area (Å²) in [5, 5.41) is 1.05. The molecule has 0 amide bonds. The molecule has 3 rings (SSSR count). The maximum absolute atomic E-state index is 13.3. The van der Waals surface area contributed by atoms with Crippen molar-refractivity contribution < 1.29 is 4.39 Å². The molecule has 0 saturated carbocycles. The molecule has 1 aromatic carbocycles. The summed E-state index contributed by atoms with van der Waals surface area (Å²) in [6.07, 6.45) is 5.54. The van der Waals surface area contributed by atoms with E-state index in [-0.39, 0.29) is 5.82 Å². The van der Waals surface area contributed by atoms with Gasteiger partial charge in [0.25, 0.3) is 0 Å². The van der Waals surface area contributed by atoms with Crippen molar-refractivity contribution in [3.63, 3.8) is 0 Å². The molecule has 19 heavy (non-hydrogen) atoms. The minimum absolute atomic E-state index is 0.221. The van der Waals surface area contributed by atoms with Crippen molar-refractivity contribution in [3.8, 4) is 0 Å². The third kappa shape index (κ3) is 2.55. The van der Waals surface area contributed by atoms with Crippen LogP contribution in [0.15, 0.2) is 30.5 Å². The molecule has 2 heterocycles. The van der Waals surface area contributed by atoms with Gasteiger partial charge in [0.05, 0.1) is 5.52 Å². The van der Waals surface area contributed by atoms with Crippen molar-refractivity contribution in [2.75, 3.05) is 18.0 Å². The van der Waals surface area contributed by atoms with Gasteiger partial charge in [0.1, 0.15) is 5.82 Å². The van der Waals surface area contributed by atoms with Crippen molar-refractivity contribution >= 4 is 16.6 Å². The maximum Gasteiger partial charge on any atom is 0.125 e. The molecule has 0 aliphatic carbocycles. The van der Waals surface area contributed by atoms with Crippen LogP contribution in [0.5, 0.6) is 0 Å². The van der Waals surface area contributed by atoms with Gasteiger partial charge in [-0.25, -0.2) is 4.39 Å². The first kappa shape index (κ1) is 12.4. The summed E-state index contributed by atoms with van der Waals surface area (Å²) in [6, 6.07) is 6.94. The van der Waals surface area contributed by atoms with Gasteiger partial charge in [0.15, 0.2) is 0 Å². The van der Waals surface area contributed by atoms with Crippen molar-refractivity contribution in [1.29, 1.82) is 0 Å². The molecule has 1 aromatic heterocycles. The standard InChI is InChI=1S/C16H19FN2/c1-12-3-2-9-19(10-7-12)16-6-8-18-15-11-13(17)4-5-14(15)16/h4-6,8,11-12H,2-3,7,9-10H2,1H3. The van der Waals surface area contributed by atoms with Crippen LogP contribution in [0.3, 0.4) is 0 Å². The molecule has 1 unspecified atom stereocenters. The van der Waals surface area contributed by atoms with Crippen LogP contribution in [-0.2, 0) is 0 Å². The minimum atomic E-state index is -0.221. The zero-order chi connectivity index (χ0) is 13.2. The molecule has 1 aliphatic rings. The van der Waals surface area contributed by atoms with Crippen LogP contribution in [0, 0.1) is 11.7 Å². The zero-order valence-electron chi connectivity index (χ0n) is 11.3. The fourth-order valence-corrected chi connectivity index (χ4v) is 2.89. The highest BCUT2D eigenvalue weighted by atomic mass is 19.1. The summed E-state index contributed by atoms with van der Waals surface area (Å²) in [7, 11) is 0. The van der Waals surface area contributed by atoms with E-state index in [1.165, 1.54) is 37.1 Å². The van der Waals surface area contributed by atoms with E-state index in [0.717, 1.165) is 29.9 Å². The molecular weight excluding hydrogens is 239 g/mol. The SMILES string of the molecule is CC1CCCN(c2ccnc3cc(F)ccc23)CC1. The van der Waals surface area contributed by atoms with E-state index in [4.69, 9.17) is 0 Å². The highest BCUT2D eigenvalue weighted by Crippen LogP contribution is 2.28. The Morgan fingerprint density at radius 2 is 2.11 bits per heavy atom. The van der Waals surface area contributed by atoms with Crippen LogP contribution in [-0.4, -0.2) is 18.1 Å². The average molecular weight is 258 g/mol. The Kier molecular flexibility index (Phi) is 3.36. The van der Waals surface area contributed by atoms with Crippen LogP contribution in [0.4, 0.5) is 10.1 Å². The Hall–Kier alpha value is -1.64. The van der Waals surface area contributed by atoms with Gasteiger partial charge >= 0.3 is 0 Å². The molecule has 2 nitrogen and oxygen atoms in total. The van der Waals surface area contributed by atoms with E-state index in [1.54, 1.807) is 6.20 Å². The van der Waals surface area contributed by atoms with E-state index in [1.807, 2.05) is 6.07 Å². The van der Waals surface area contributed by atoms with Gasteiger partial charge in [0.2, 0.25) is 0 Å².